The summed E-state index contributed by atoms with van der Waals surface area (Å²) in [6.07, 6.45) is 0. The van der Waals surface area contributed by atoms with Gasteiger partial charge in [0.2, 0.25) is 15.9 Å². The predicted octanol–water partition coefficient (Wildman–Crippen LogP) is 0.629. The summed E-state index contributed by atoms with van der Waals surface area (Å²) < 4.78 is 22.1. The lowest BCUT2D eigenvalue weighted by atomic mass is 9.95. The second-order valence-corrected chi connectivity index (χ2v) is 6.04. The van der Waals surface area contributed by atoms with Crippen molar-refractivity contribution in [1.82, 2.24) is 0 Å². The normalized spacial score (nSPS) is 14.3. The van der Waals surface area contributed by atoms with E-state index >= 15 is 0 Å². The molecule has 1 amide bonds. The maximum absolute atomic E-state index is 11.8. The van der Waals surface area contributed by atoms with Crippen molar-refractivity contribution in [2.45, 2.75) is 18.7 Å². The van der Waals surface area contributed by atoms with Crippen LogP contribution in [0.1, 0.15) is 13.8 Å². The number of benzene rings is 1. The number of amides is 1. The Bertz CT molecular complexity index is 609. The van der Waals surface area contributed by atoms with Crippen molar-refractivity contribution in [3.8, 4) is 0 Å². The lowest BCUT2D eigenvalue weighted by molar-refractivity contribution is -0.145. The van der Waals surface area contributed by atoms with Crippen molar-refractivity contribution in [1.29, 1.82) is 0 Å². The van der Waals surface area contributed by atoms with Crippen LogP contribution < -0.4 is 10.5 Å². The fourth-order valence-electron chi connectivity index (χ4n) is 1.42. The molecule has 1 aromatic carbocycles. The van der Waals surface area contributed by atoms with E-state index in [1.165, 1.54) is 38.1 Å². The topological polar surface area (TPSA) is 127 Å². The number of carbonyl (C=O) groups is 2. The summed E-state index contributed by atoms with van der Waals surface area (Å²) in [7, 11) is -3.78. The zero-order chi connectivity index (χ0) is 15.5. The Kier molecular flexibility index (Phi) is 4.85. The second-order valence-electron chi connectivity index (χ2n) is 4.47. The summed E-state index contributed by atoms with van der Waals surface area (Å²) in [5, 5.41) is 16.3. The monoisotopic (exact) mass is 300 g/mol. The molecule has 4 N–H and O–H groups in total. The van der Waals surface area contributed by atoms with Crippen molar-refractivity contribution in [2.24, 2.45) is 17.0 Å². The van der Waals surface area contributed by atoms with Crippen LogP contribution in [-0.2, 0) is 19.6 Å². The Morgan fingerprint density at radius 2 is 1.65 bits per heavy atom. The first-order valence-electron chi connectivity index (χ1n) is 5.79. The molecular weight excluding hydrogens is 284 g/mol. The average molecular weight is 300 g/mol. The highest BCUT2D eigenvalue weighted by Gasteiger charge is 2.25. The number of rotatable bonds is 5. The highest BCUT2D eigenvalue weighted by atomic mass is 32.2. The van der Waals surface area contributed by atoms with Gasteiger partial charge >= 0.3 is 5.97 Å². The highest BCUT2D eigenvalue weighted by molar-refractivity contribution is 7.89. The number of anilines is 1. The van der Waals surface area contributed by atoms with Crippen molar-refractivity contribution in [3.63, 3.8) is 0 Å². The maximum Gasteiger partial charge on any atom is 0.307 e. The molecule has 0 saturated carbocycles. The van der Waals surface area contributed by atoms with Crippen molar-refractivity contribution < 1.29 is 23.1 Å². The van der Waals surface area contributed by atoms with E-state index in [9.17, 15) is 18.0 Å². The molecule has 0 radical (unpaired) electrons. The number of carbonyl (C=O) groups excluding carboxylic acids is 1. The molecule has 0 bridgehead atoms. The minimum atomic E-state index is -3.78. The van der Waals surface area contributed by atoms with E-state index < -0.39 is 33.7 Å². The summed E-state index contributed by atoms with van der Waals surface area (Å²) in [4.78, 5) is 22.5. The second kappa shape index (κ2) is 6.02. The number of sulfonamides is 1. The van der Waals surface area contributed by atoms with Crippen LogP contribution in [0.15, 0.2) is 29.2 Å². The third-order valence-corrected chi connectivity index (χ3v) is 3.93. The summed E-state index contributed by atoms with van der Waals surface area (Å²) in [6.45, 7) is 2.95. The van der Waals surface area contributed by atoms with Crippen molar-refractivity contribution in [3.05, 3.63) is 24.3 Å². The highest BCUT2D eigenvalue weighted by Crippen LogP contribution is 2.17. The largest absolute Gasteiger partial charge is 0.481 e. The number of hydrogen-bond donors (Lipinski definition) is 3. The van der Waals surface area contributed by atoms with Crippen LogP contribution in [0.2, 0.25) is 0 Å². The molecule has 110 valence electrons. The number of hydrogen-bond acceptors (Lipinski definition) is 4. The van der Waals surface area contributed by atoms with Gasteiger partial charge in [-0.3, -0.25) is 9.59 Å². The average Bonchev–Trinajstić information content (AvgIpc) is 2.36. The van der Waals surface area contributed by atoms with E-state index in [-0.39, 0.29) is 4.90 Å². The molecular formula is C12H16N2O5S. The van der Waals surface area contributed by atoms with Gasteiger partial charge in [0.05, 0.1) is 10.8 Å². The number of primary sulfonamides is 1. The van der Waals surface area contributed by atoms with Crippen LogP contribution in [0.25, 0.3) is 0 Å². The summed E-state index contributed by atoms with van der Waals surface area (Å²) >= 11 is 0. The molecule has 0 heterocycles. The van der Waals surface area contributed by atoms with E-state index in [1.807, 2.05) is 0 Å². The summed E-state index contributed by atoms with van der Waals surface area (Å²) in [5.41, 5.74) is 0.367. The third kappa shape index (κ3) is 4.04. The van der Waals surface area contributed by atoms with Crippen molar-refractivity contribution >= 4 is 27.6 Å². The van der Waals surface area contributed by atoms with E-state index in [2.05, 4.69) is 5.32 Å². The van der Waals surface area contributed by atoms with Gasteiger partial charge < -0.3 is 10.4 Å². The fourth-order valence-corrected chi connectivity index (χ4v) is 1.94. The summed E-state index contributed by atoms with van der Waals surface area (Å²) in [5.74, 6) is -3.05. The van der Waals surface area contributed by atoms with Gasteiger partial charge in [0, 0.05) is 11.6 Å². The SMILES string of the molecule is CC(C(=O)O)C(C)C(=O)Nc1ccc(S(N)(=O)=O)cc1. The molecule has 7 nitrogen and oxygen atoms in total. The van der Waals surface area contributed by atoms with Crippen LogP contribution in [0.4, 0.5) is 5.69 Å². The van der Waals surface area contributed by atoms with Crippen LogP contribution in [0, 0.1) is 11.8 Å². The molecule has 0 fully saturated rings. The van der Waals surface area contributed by atoms with E-state index in [1.54, 1.807) is 0 Å². The molecule has 2 atom stereocenters. The lowest BCUT2D eigenvalue weighted by Crippen LogP contribution is -2.29. The number of carboxylic acids is 1. The van der Waals surface area contributed by atoms with Crippen LogP contribution >= 0.6 is 0 Å². The number of nitrogens with two attached hydrogens (primary N) is 1. The van der Waals surface area contributed by atoms with Crippen LogP contribution in [0.5, 0.6) is 0 Å². The Morgan fingerprint density at radius 1 is 1.15 bits per heavy atom. The van der Waals surface area contributed by atoms with Crippen LogP contribution in [-0.4, -0.2) is 25.4 Å². The minimum Gasteiger partial charge on any atom is -0.481 e. The summed E-state index contributed by atoms with van der Waals surface area (Å²) in [6, 6.07) is 5.29. The van der Waals surface area contributed by atoms with E-state index in [0.717, 1.165) is 0 Å². The van der Waals surface area contributed by atoms with Gasteiger partial charge in [0.15, 0.2) is 0 Å². The number of nitrogens with one attached hydrogen (secondary N) is 1. The molecule has 0 aliphatic rings. The third-order valence-electron chi connectivity index (χ3n) is 3.00. The van der Waals surface area contributed by atoms with E-state index in [4.69, 9.17) is 10.2 Å². The van der Waals surface area contributed by atoms with Gasteiger partial charge in [-0.05, 0) is 24.3 Å². The van der Waals surface area contributed by atoms with Gasteiger partial charge in [-0.1, -0.05) is 13.8 Å². The Labute approximate surface area is 116 Å². The van der Waals surface area contributed by atoms with Crippen LogP contribution in [0.3, 0.4) is 0 Å². The first kappa shape index (κ1) is 16.1. The van der Waals surface area contributed by atoms with Gasteiger partial charge in [-0.15, -0.1) is 0 Å². The molecule has 0 aliphatic heterocycles. The smallest absolute Gasteiger partial charge is 0.307 e. The zero-order valence-corrected chi connectivity index (χ0v) is 11.8. The lowest BCUT2D eigenvalue weighted by Gasteiger charge is -2.15. The minimum absolute atomic E-state index is 0.0672. The van der Waals surface area contributed by atoms with Gasteiger partial charge in [-0.25, -0.2) is 13.6 Å². The number of aliphatic carboxylic acids is 1. The molecule has 20 heavy (non-hydrogen) atoms. The molecule has 0 spiro atoms. The van der Waals surface area contributed by atoms with Gasteiger partial charge in [0.25, 0.3) is 0 Å². The fraction of sp³-hybridized carbons (Fsp3) is 0.333. The van der Waals surface area contributed by atoms with Crippen molar-refractivity contribution in [2.75, 3.05) is 5.32 Å². The van der Waals surface area contributed by atoms with Gasteiger partial charge in [-0.2, -0.15) is 0 Å². The zero-order valence-electron chi connectivity index (χ0n) is 11.0. The van der Waals surface area contributed by atoms with Gasteiger partial charge in [0.1, 0.15) is 0 Å². The first-order valence-corrected chi connectivity index (χ1v) is 7.34. The molecule has 0 aliphatic carbocycles. The number of carboxylic acid groups (broad SMARTS) is 1. The quantitative estimate of drug-likeness (QED) is 0.735. The first-order chi connectivity index (χ1) is 9.12. The molecule has 8 heteroatoms. The standard InChI is InChI=1S/C12H16N2O5S/c1-7(8(2)12(16)17)11(15)14-9-3-5-10(6-4-9)20(13,18)19/h3-8H,1-2H3,(H,14,15)(H,16,17)(H2,13,18,19). The molecule has 2 unspecified atom stereocenters. The molecule has 1 aromatic rings. The Hall–Kier alpha value is -1.93. The predicted molar refractivity (Wildman–Crippen MR) is 72.4 cm³/mol. The molecule has 0 aromatic heterocycles. The molecule has 1 rings (SSSR count). The Balaban J connectivity index is 2.79. The Morgan fingerprint density at radius 3 is 2.05 bits per heavy atom. The van der Waals surface area contributed by atoms with E-state index in [0.29, 0.717) is 5.69 Å². The molecule has 0 saturated heterocycles. The maximum atomic E-state index is 11.8.